The van der Waals surface area contributed by atoms with E-state index >= 15 is 0 Å². The first-order chi connectivity index (χ1) is 10.4. The molecular formula is C17H26O4S. The Morgan fingerprint density at radius 3 is 2.59 bits per heavy atom. The third kappa shape index (κ3) is 4.23. The number of hydrogen-bond acceptors (Lipinski definition) is 5. The smallest absolute Gasteiger partial charge is 0.175 e. The number of Topliss-reactive ketones (excluding diaryl/α,β-unsaturated/α-hetero) is 2. The summed E-state index contributed by atoms with van der Waals surface area (Å²) in [6.45, 7) is 5.61. The number of methoxy groups -OCH3 is 1. The second-order valence-electron chi connectivity index (χ2n) is 5.72. The highest BCUT2D eigenvalue weighted by Gasteiger charge is 2.40. The molecule has 3 unspecified atom stereocenters. The van der Waals surface area contributed by atoms with E-state index in [4.69, 9.17) is 4.74 Å². The number of thioether (sulfide) groups is 1. The van der Waals surface area contributed by atoms with Gasteiger partial charge in [0.1, 0.15) is 17.6 Å². The third-order valence-corrected chi connectivity index (χ3v) is 5.02. The summed E-state index contributed by atoms with van der Waals surface area (Å²) in [5.74, 6) is 0.114. The fraction of sp³-hybridized carbons (Fsp3) is 0.647. The largest absolute Gasteiger partial charge is 0.497 e. The van der Waals surface area contributed by atoms with Crippen molar-refractivity contribution in [3.05, 3.63) is 22.3 Å². The number of carbonyl (C=O) groups is 2. The van der Waals surface area contributed by atoms with Crippen LogP contribution in [-0.4, -0.2) is 36.1 Å². The summed E-state index contributed by atoms with van der Waals surface area (Å²) in [6.07, 6.45) is 4.51. The average Bonchev–Trinajstić information content (AvgIpc) is 2.50. The Bertz CT molecular complexity index is 493. The lowest BCUT2D eigenvalue weighted by Crippen LogP contribution is -2.39. The van der Waals surface area contributed by atoms with Crippen molar-refractivity contribution in [3.63, 3.8) is 0 Å². The van der Waals surface area contributed by atoms with E-state index in [1.807, 2.05) is 33.1 Å². The quantitative estimate of drug-likeness (QED) is 0.728. The Morgan fingerprint density at radius 1 is 1.45 bits per heavy atom. The molecule has 0 saturated carbocycles. The summed E-state index contributed by atoms with van der Waals surface area (Å²) < 4.78 is 5.26. The molecule has 1 N–H and O–H groups in total. The molecule has 0 spiro atoms. The van der Waals surface area contributed by atoms with Gasteiger partial charge in [-0.2, -0.15) is 0 Å². The molecule has 124 valence electrons. The molecule has 0 saturated heterocycles. The fourth-order valence-electron chi connectivity index (χ4n) is 2.72. The molecule has 0 heterocycles. The van der Waals surface area contributed by atoms with Gasteiger partial charge in [0.25, 0.3) is 0 Å². The molecule has 0 amide bonds. The summed E-state index contributed by atoms with van der Waals surface area (Å²) in [4.78, 5) is 24.4. The van der Waals surface area contributed by atoms with Crippen LogP contribution in [0.1, 0.15) is 40.0 Å². The van der Waals surface area contributed by atoms with Crippen LogP contribution in [0, 0.1) is 11.8 Å². The van der Waals surface area contributed by atoms with Crippen LogP contribution in [0.5, 0.6) is 0 Å². The molecular weight excluding hydrogens is 300 g/mol. The van der Waals surface area contributed by atoms with Crippen LogP contribution in [0.2, 0.25) is 0 Å². The predicted octanol–water partition coefficient (Wildman–Crippen LogP) is 3.11. The van der Waals surface area contributed by atoms with Gasteiger partial charge in [-0.15, -0.1) is 11.8 Å². The standard InChI is InChI=1S/C17H26O4S/c1-6-12(18)9-10(2)7-8-13-11(3)14(19)17(22-5)16(21-4)15(13)20/h7,11,13,15,20H,6,8-9H2,1-5H3/b10-7+. The maximum Gasteiger partial charge on any atom is 0.175 e. The lowest BCUT2D eigenvalue weighted by atomic mass is 9.78. The van der Waals surface area contributed by atoms with Crippen molar-refractivity contribution in [1.82, 2.24) is 0 Å². The fourth-order valence-corrected chi connectivity index (χ4v) is 3.51. The second-order valence-corrected chi connectivity index (χ2v) is 6.53. The van der Waals surface area contributed by atoms with Gasteiger partial charge < -0.3 is 9.84 Å². The molecule has 4 nitrogen and oxygen atoms in total. The van der Waals surface area contributed by atoms with Gasteiger partial charge in [-0.25, -0.2) is 0 Å². The molecule has 22 heavy (non-hydrogen) atoms. The van der Waals surface area contributed by atoms with Gasteiger partial charge >= 0.3 is 0 Å². The summed E-state index contributed by atoms with van der Waals surface area (Å²) >= 11 is 1.32. The van der Waals surface area contributed by atoms with Crippen molar-refractivity contribution in [3.8, 4) is 0 Å². The van der Waals surface area contributed by atoms with E-state index < -0.39 is 6.10 Å². The maximum atomic E-state index is 12.4. The minimum Gasteiger partial charge on any atom is -0.497 e. The summed E-state index contributed by atoms with van der Waals surface area (Å²) in [5.41, 5.74) is 0.984. The van der Waals surface area contributed by atoms with E-state index in [2.05, 4.69) is 0 Å². The first-order valence-electron chi connectivity index (χ1n) is 7.59. The number of hydrogen-bond donors (Lipinski definition) is 1. The highest BCUT2D eigenvalue weighted by Crippen LogP contribution is 2.38. The zero-order chi connectivity index (χ0) is 16.9. The van der Waals surface area contributed by atoms with Gasteiger partial charge in [0.05, 0.1) is 12.0 Å². The Hall–Kier alpha value is -1.07. The van der Waals surface area contributed by atoms with E-state index in [0.29, 0.717) is 29.9 Å². The Labute approximate surface area is 137 Å². The molecule has 0 aliphatic heterocycles. The highest BCUT2D eigenvalue weighted by atomic mass is 32.2. The summed E-state index contributed by atoms with van der Waals surface area (Å²) in [6, 6.07) is 0. The van der Waals surface area contributed by atoms with Crippen molar-refractivity contribution in [1.29, 1.82) is 0 Å². The normalized spacial score (nSPS) is 26.4. The van der Waals surface area contributed by atoms with Crippen molar-refractivity contribution in [2.45, 2.75) is 46.1 Å². The third-order valence-electron chi connectivity index (χ3n) is 4.21. The van der Waals surface area contributed by atoms with Crippen LogP contribution in [-0.2, 0) is 14.3 Å². The number of aliphatic hydroxyl groups is 1. The van der Waals surface area contributed by atoms with E-state index in [9.17, 15) is 14.7 Å². The van der Waals surface area contributed by atoms with Gasteiger partial charge in [0.2, 0.25) is 0 Å². The molecule has 0 aromatic carbocycles. The lowest BCUT2D eigenvalue weighted by Gasteiger charge is -2.34. The summed E-state index contributed by atoms with van der Waals surface area (Å²) in [7, 11) is 1.48. The van der Waals surface area contributed by atoms with E-state index in [1.165, 1.54) is 18.9 Å². The first kappa shape index (κ1) is 19.0. The molecule has 0 bridgehead atoms. The molecule has 0 aromatic rings. The number of ether oxygens (including phenoxy) is 1. The second kappa shape index (κ2) is 8.53. The molecule has 0 radical (unpaired) electrons. The highest BCUT2D eigenvalue weighted by molar-refractivity contribution is 8.03. The van der Waals surface area contributed by atoms with Crippen LogP contribution in [0.4, 0.5) is 0 Å². The van der Waals surface area contributed by atoms with Crippen LogP contribution in [0.15, 0.2) is 22.3 Å². The number of carbonyl (C=O) groups excluding carboxylic acids is 2. The molecule has 1 aliphatic carbocycles. The lowest BCUT2D eigenvalue weighted by molar-refractivity contribution is -0.123. The van der Waals surface area contributed by atoms with Crippen LogP contribution >= 0.6 is 11.8 Å². The molecule has 1 rings (SSSR count). The van der Waals surface area contributed by atoms with Crippen LogP contribution in [0.25, 0.3) is 0 Å². The SMILES string of the molecule is CCC(=O)C/C(C)=C/CC1C(C)C(=O)C(SC)=C(OC)C1O. The number of allylic oxidation sites excluding steroid dienone is 3. The minimum absolute atomic E-state index is 0.0235. The Kier molecular flexibility index (Phi) is 7.36. The molecule has 1 aliphatic rings. The van der Waals surface area contributed by atoms with Crippen molar-refractivity contribution in [2.24, 2.45) is 11.8 Å². The first-order valence-corrected chi connectivity index (χ1v) is 8.81. The zero-order valence-electron chi connectivity index (χ0n) is 14.0. The maximum absolute atomic E-state index is 12.4. The average molecular weight is 326 g/mol. The Balaban J connectivity index is 2.92. The summed E-state index contributed by atoms with van der Waals surface area (Å²) in [5, 5.41) is 10.5. The molecule has 3 atom stereocenters. The minimum atomic E-state index is -0.786. The number of ketones is 2. The predicted molar refractivity (Wildman–Crippen MR) is 89.5 cm³/mol. The Morgan fingerprint density at radius 2 is 2.09 bits per heavy atom. The number of aliphatic hydroxyl groups excluding tert-OH is 1. The zero-order valence-corrected chi connectivity index (χ0v) is 14.8. The molecule has 5 heteroatoms. The van der Waals surface area contributed by atoms with Crippen molar-refractivity contribution in [2.75, 3.05) is 13.4 Å². The van der Waals surface area contributed by atoms with Crippen molar-refractivity contribution >= 4 is 23.3 Å². The van der Waals surface area contributed by atoms with Gasteiger partial charge in [0.15, 0.2) is 5.78 Å². The topological polar surface area (TPSA) is 63.6 Å². The van der Waals surface area contributed by atoms with Crippen LogP contribution < -0.4 is 0 Å². The van der Waals surface area contributed by atoms with Crippen molar-refractivity contribution < 1.29 is 19.4 Å². The van der Waals surface area contributed by atoms with Crippen LogP contribution in [0.3, 0.4) is 0 Å². The van der Waals surface area contributed by atoms with Gasteiger partial charge in [-0.05, 0) is 19.6 Å². The molecule has 0 aromatic heterocycles. The molecule has 0 fully saturated rings. The van der Waals surface area contributed by atoms with E-state index in [1.54, 1.807) is 0 Å². The van der Waals surface area contributed by atoms with E-state index in [-0.39, 0.29) is 23.4 Å². The van der Waals surface area contributed by atoms with Gasteiger partial charge in [0, 0.05) is 24.7 Å². The van der Waals surface area contributed by atoms with E-state index in [0.717, 1.165) is 5.57 Å². The van der Waals surface area contributed by atoms with Gasteiger partial charge in [-0.3, -0.25) is 9.59 Å². The number of rotatable bonds is 7. The van der Waals surface area contributed by atoms with Gasteiger partial charge in [-0.1, -0.05) is 25.5 Å². The monoisotopic (exact) mass is 326 g/mol.